The summed E-state index contributed by atoms with van der Waals surface area (Å²) in [4.78, 5) is 20.4. The highest BCUT2D eigenvalue weighted by atomic mass is 32.2. The highest BCUT2D eigenvalue weighted by molar-refractivity contribution is 7.99. The molecule has 6 heteroatoms. The number of pyridine rings is 1. The molecule has 3 aliphatic heterocycles. The highest BCUT2D eigenvalue weighted by Gasteiger charge is 2.34. The minimum atomic E-state index is 0.0304. The van der Waals surface area contributed by atoms with Crippen LogP contribution in [0, 0.1) is 5.92 Å². The lowest BCUT2D eigenvalue weighted by molar-refractivity contribution is 0.0620. The van der Waals surface area contributed by atoms with Crippen molar-refractivity contribution in [2.24, 2.45) is 5.92 Å². The minimum Gasteiger partial charge on any atom is -0.495 e. The zero-order valence-electron chi connectivity index (χ0n) is 14.9. The maximum absolute atomic E-state index is 12.6. The Kier molecular flexibility index (Phi) is 5.13. The lowest BCUT2D eigenvalue weighted by atomic mass is 9.84. The largest absolute Gasteiger partial charge is 0.495 e. The Morgan fingerprint density at radius 3 is 2.54 bits per heavy atom. The number of nitrogens with one attached hydrogen (secondary N) is 1. The first-order valence-electron chi connectivity index (χ1n) is 9.02. The monoisotopic (exact) mass is 369 g/mol. The third-order valence-electron chi connectivity index (χ3n) is 5.26. The fourth-order valence-corrected chi connectivity index (χ4v) is 4.48. The molecule has 3 fully saturated rings. The van der Waals surface area contributed by atoms with E-state index < -0.39 is 0 Å². The molecule has 1 aromatic heterocycles. The molecule has 1 amide bonds. The molecule has 5 rings (SSSR count). The van der Waals surface area contributed by atoms with Crippen molar-refractivity contribution in [2.45, 2.75) is 28.8 Å². The number of aromatic nitrogens is 1. The van der Waals surface area contributed by atoms with Gasteiger partial charge in [-0.2, -0.15) is 0 Å². The highest BCUT2D eigenvalue weighted by Crippen LogP contribution is 2.29. The quantitative estimate of drug-likeness (QED) is 0.878. The van der Waals surface area contributed by atoms with Crippen LogP contribution in [0.2, 0.25) is 0 Å². The van der Waals surface area contributed by atoms with Crippen LogP contribution < -0.4 is 10.1 Å². The van der Waals surface area contributed by atoms with Gasteiger partial charge in [-0.3, -0.25) is 4.79 Å². The van der Waals surface area contributed by atoms with Gasteiger partial charge in [-0.05, 0) is 68.2 Å². The first kappa shape index (κ1) is 17.4. The number of methoxy groups -OCH3 is 1. The summed E-state index contributed by atoms with van der Waals surface area (Å²) in [7, 11) is 1.63. The SMILES string of the molecule is COc1ccc(Sc2ccc(C(=O)NC3CN4CCC3CC4)cc2)nc1. The van der Waals surface area contributed by atoms with Crippen molar-refractivity contribution >= 4 is 17.7 Å². The van der Waals surface area contributed by atoms with Gasteiger partial charge in [0.15, 0.2) is 0 Å². The zero-order valence-corrected chi connectivity index (χ0v) is 15.7. The summed E-state index contributed by atoms with van der Waals surface area (Å²) in [6, 6.07) is 11.8. The van der Waals surface area contributed by atoms with Crippen LogP contribution in [0.3, 0.4) is 0 Å². The second kappa shape index (κ2) is 7.68. The molecular formula is C20H23N3O2S. The molecule has 136 valence electrons. The van der Waals surface area contributed by atoms with Crippen LogP contribution >= 0.6 is 11.8 Å². The third kappa shape index (κ3) is 3.86. The van der Waals surface area contributed by atoms with Crippen molar-refractivity contribution in [1.29, 1.82) is 0 Å². The van der Waals surface area contributed by atoms with Gasteiger partial charge in [-0.15, -0.1) is 0 Å². The summed E-state index contributed by atoms with van der Waals surface area (Å²) >= 11 is 1.57. The summed E-state index contributed by atoms with van der Waals surface area (Å²) in [6.45, 7) is 3.36. The first-order chi connectivity index (χ1) is 12.7. The van der Waals surface area contributed by atoms with E-state index >= 15 is 0 Å². The van der Waals surface area contributed by atoms with E-state index in [1.807, 2.05) is 36.4 Å². The van der Waals surface area contributed by atoms with Gasteiger partial charge in [-0.1, -0.05) is 11.8 Å². The Hall–Kier alpha value is -2.05. The number of hydrogen-bond donors (Lipinski definition) is 1. The van der Waals surface area contributed by atoms with Crippen LogP contribution in [0.1, 0.15) is 23.2 Å². The van der Waals surface area contributed by atoms with E-state index in [1.54, 1.807) is 25.1 Å². The Labute approximate surface area is 158 Å². The van der Waals surface area contributed by atoms with E-state index in [2.05, 4.69) is 15.2 Å². The molecule has 2 aromatic rings. The number of carbonyl (C=O) groups is 1. The van der Waals surface area contributed by atoms with Gasteiger partial charge in [0.2, 0.25) is 0 Å². The van der Waals surface area contributed by atoms with E-state index in [-0.39, 0.29) is 5.91 Å². The first-order valence-corrected chi connectivity index (χ1v) is 9.84. The Morgan fingerprint density at radius 2 is 1.96 bits per heavy atom. The van der Waals surface area contributed by atoms with Gasteiger partial charge in [-0.25, -0.2) is 4.98 Å². The van der Waals surface area contributed by atoms with Gasteiger partial charge in [0.1, 0.15) is 10.8 Å². The van der Waals surface area contributed by atoms with Gasteiger partial charge in [0, 0.05) is 23.0 Å². The fraction of sp³-hybridized carbons (Fsp3) is 0.400. The molecule has 5 nitrogen and oxygen atoms in total. The normalized spacial score (nSPS) is 24.3. The number of nitrogens with zero attached hydrogens (tertiary/aromatic N) is 2. The van der Waals surface area contributed by atoms with E-state index in [0.717, 1.165) is 22.2 Å². The average Bonchev–Trinajstić information content (AvgIpc) is 2.70. The van der Waals surface area contributed by atoms with Crippen LogP contribution in [0.15, 0.2) is 52.5 Å². The number of rotatable bonds is 5. The third-order valence-corrected chi connectivity index (χ3v) is 6.21. The van der Waals surface area contributed by atoms with Crippen LogP contribution in [0.4, 0.5) is 0 Å². The maximum atomic E-state index is 12.6. The summed E-state index contributed by atoms with van der Waals surface area (Å²) in [6.07, 6.45) is 4.11. The van der Waals surface area contributed by atoms with Crippen LogP contribution in [-0.2, 0) is 0 Å². The summed E-state index contributed by atoms with van der Waals surface area (Å²) in [5, 5.41) is 4.13. The number of amides is 1. The summed E-state index contributed by atoms with van der Waals surface area (Å²) < 4.78 is 5.12. The Balaban J connectivity index is 1.36. The van der Waals surface area contributed by atoms with Crippen molar-refractivity contribution < 1.29 is 9.53 Å². The standard InChI is InChI=1S/C20H23N3O2S/c1-25-16-4-7-19(21-12-16)26-17-5-2-15(3-6-17)20(24)22-18-13-23-10-8-14(18)9-11-23/h2-7,12,14,18H,8-11,13H2,1H3,(H,22,24). The molecule has 26 heavy (non-hydrogen) atoms. The molecule has 1 atom stereocenters. The lowest BCUT2D eigenvalue weighted by Gasteiger charge is -2.44. The molecule has 0 saturated carbocycles. The topological polar surface area (TPSA) is 54.5 Å². The van der Waals surface area contributed by atoms with E-state index in [1.165, 1.54) is 25.9 Å². The molecule has 2 bridgehead atoms. The van der Waals surface area contributed by atoms with Gasteiger partial charge in [0.05, 0.1) is 13.3 Å². The van der Waals surface area contributed by atoms with E-state index in [4.69, 9.17) is 4.74 Å². The number of fused-ring (bicyclic) bond motifs is 3. The molecule has 4 heterocycles. The second-order valence-electron chi connectivity index (χ2n) is 6.88. The summed E-state index contributed by atoms with van der Waals surface area (Å²) in [5.74, 6) is 1.41. The lowest BCUT2D eigenvalue weighted by Crippen LogP contribution is -2.57. The van der Waals surface area contributed by atoms with Gasteiger partial charge < -0.3 is 15.0 Å². The molecule has 0 aliphatic carbocycles. The average molecular weight is 369 g/mol. The van der Waals surface area contributed by atoms with Crippen LogP contribution in [0.5, 0.6) is 5.75 Å². The van der Waals surface area contributed by atoms with Crippen LogP contribution in [-0.4, -0.2) is 48.6 Å². The van der Waals surface area contributed by atoms with Crippen molar-refractivity contribution in [3.63, 3.8) is 0 Å². The predicted molar refractivity (Wildman–Crippen MR) is 102 cm³/mol. The van der Waals surface area contributed by atoms with Crippen molar-refractivity contribution in [2.75, 3.05) is 26.7 Å². The second-order valence-corrected chi connectivity index (χ2v) is 7.97. The molecule has 0 spiro atoms. The van der Waals surface area contributed by atoms with Crippen molar-refractivity contribution in [3.05, 3.63) is 48.2 Å². The van der Waals surface area contributed by atoms with E-state index in [0.29, 0.717) is 17.5 Å². The number of ether oxygens (including phenoxy) is 1. The maximum Gasteiger partial charge on any atom is 0.251 e. The zero-order chi connectivity index (χ0) is 17.9. The molecule has 1 unspecified atom stereocenters. The molecule has 1 N–H and O–H groups in total. The molecule has 0 radical (unpaired) electrons. The number of benzene rings is 1. The number of hydrogen-bond acceptors (Lipinski definition) is 5. The minimum absolute atomic E-state index is 0.0304. The molecule has 3 saturated heterocycles. The van der Waals surface area contributed by atoms with Crippen molar-refractivity contribution in [1.82, 2.24) is 15.2 Å². The predicted octanol–water partition coefficient (Wildman–Crippen LogP) is 3.07. The van der Waals surface area contributed by atoms with Gasteiger partial charge >= 0.3 is 0 Å². The Bertz CT molecular complexity index is 756. The number of carbonyl (C=O) groups excluding carboxylic acids is 1. The smallest absolute Gasteiger partial charge is 0.251 e. The van der Waals surface area contributed by atoms with E-state index in [9.17, 15) is 4.79 Å². The summed E-state index contributed by atoms with van der Waals surface area (Å²) in [5.41, 5.74) is 0.716. The number of piperidine rings is 3. The molecule has 1 aromatic carbocycles. The fourth-order valence-electron chi connectivity index (χ4n) is 3.72. The van der Waals surface area contributed by atoms with Crippen molar-refractivity contribution in [3.8, 4) is 5.75 Å². The van der Waals surface area contributed by atoms with Crippen LogP contribution in [0.25, 0.3) is 0 Å². The van der Waals surface area contributed by atoms with Gasteiger partial charge in [0.25, 0.3) is 5.91 Å². The Morgan fingerprint density at radius 1 is 1.19 bits per heavy atom. The molecular weight excluding hydrogens is 346 g/mol. The molecule has 3 aliphatic rings.